The quantitative estimate of drug-likeness (QED) is 0.341. The average Bonchev–Trinajstić information content (AvgIpc) is 3.15. The molecule has 27 heavy (non-hydrogen) atoms. The maximum Gasteiger partial charge on any atom is 0.193 e. The number of nitrogens with zero attached hydrogens (tertiary/aromatic N) is 2. The number of hydrogen-bond acceptors (Lipinski definition) is 4. The van der Waals surface area contributed by atoms with Gasteiger partial charge in [-0.1, -0.05) is 24.3 Å². The lowest BCUT2D eigenvalue weighted by atomic mass is 9.98. The molecule has 1 unspecified atom stereocenters. The number of likely N-dealkylation sites (tertiary alicyclic amines) is 1. The third kappa shape index (κ3) is 7.06. The number of halogens is 1. The van der Waals surface area contributed by atoms with Crippen LogP contribution in [-0.2, 0) is 17.9 Å². The molecule has 3 rings (SSSR count). The van der Waals surface area contributed by atoms with Crippen molar-refractivity contribution in [3.05, 3.63) is 52.2 Å². The fraction of sp³-hybridized carbons (Fsp3) is 0.450. The van der Waals surface area contributed by atoms with Crippen molar-refractivity contribution in [3.8, 4) is 0 Å². The number of nitrogens with one attached hydrogen (secondary N) is 1. The van der Waals surface area contributed by atoms with E-state index in [1.54, 1.807) is 7.11 Å². The second kappa shape index (κ2) is 11.6. The number of nitrogens with two attached hydrogens (primary N) is 1. The number of piperidine rings is 1. The summed E-state index contributed by atoms with van der Waals surface area (Å²) in [6, 6.07) is 12.4. The van der Waals surface area contributed by atoms with E-state index in [2.05, 4.69) is 32.7 Å². The molecular formula is C20H29IN4OS. The van der Waals surface area contributed by atoms with Gasteiger partial charge in [0.25, 0.3) is 0 Å². The highest BCUT2D eigenvalue weighted by atomic mass is 127. The molecule has 0 spiro atoms. The fourth-order valence-electron chi connectivity index (χ4n) is 3.40. The summed E-state index contributed by atoms with van der Waals surface area (Å²) in [4.78, 5) is 8.56. The highest BCUT2D eigenvalue weighted by molar-refractivity contribution is 14.0. The summed E-state index contributed by atoms with van der Waals surface area (Å²) in [7, 11) is 1.69. The molecular weight excluding hydrogens is 471 g/mol. The number of hydrogen-bond donors (Lipinski definition) is 2. The predicted molar refractivity (Wildman–Crippen MR) is 125 cm³/mol. The molecule has 1 aromatic carbocycles. The zero-order valence-corrected chi connectivity index (χ0v) is 18.9. The molecule has 3 N–H and O–H groups in total. The van der Waals surface area contributed by atoms with Crippen molar-refractivity contribution in [2.45, 2.75) is 26.0 Å². The molecule has 148 valence electrons. The Bertz CT molecular complexity index is 708. The topological polar surface area (TPSA) is 62.9 Å². The van der Waals surface area contributed by atoms with Gasteiger partial charge in [0, 0.05) is 42.9 Å². The van der Waals surface area contributed by atoms with Gasteiger partial charge >= 0.3 is 0 Å². The first-order valence-electron chi connectivity index (χ1n) is 9.13. The van der Waals surface area contributed by atoms with Gasteiger partial charge < -0.3 is 15.8 Å². The smallest absolute Gasteiger partial charge is 0.193 e. The van der Waals surface area contributed by atoms with Crippen LogP contribution in [0.4, 0.5) is 5.69 Å². The van der Waals surface area contributed by atoms with Crippen LogP contribution in [0.1, 0.15) is 23.3 Å². The second-order valence-corrected chi connectivity index (χ2v) is 7.80. The molecule has 1 aromatic heterocycles. The number of aliphatic imine (C=N–C) groups is 1. The van der Waals surface area contributed by atoms with Gasteiger partial charge in [0.05, 0.1) is 6.61 Å². The summed E-state index contributed by atoms with van der Waals surface area (Å²) in [6.45, 7) is 4.64. The summed E-state index contributed by atoms with van der Waals surface area (Å²) in [5.74, 6) is 1.04. The third-order valence-corrected chi connectivity index (χ3v) is 5.52. The molecule has 7 heteroatoms. The first-order valence-corrected chi connectivity index (χ1v) is 10.0. The summed E-state index contributed by atoms with van der Waals surface area (Å²) >= 11 is 1.83. The van der Waals surface area contributed by atoms with E-state index in [9.17, 15) is 0 Å². The van der Waals surface area contributed by atoms with E-state index >= 15 is 0 Å². The van der Waals surface area contributed by atoms with E-state index in [0.29, 0.717) is 18.5 Å². The Morgan fingerprint density at radius 1 is 1.33 bits per heavy atom. The summed E-state index contributed by atoms with van der Waals surface area (Å²) < 4.78 is 5.23. The van der Waals surface area contributed by atoms with E-state index in [-0.39, 0.29) is 24.0 Å². The zero-order valence-electron chi connectivity index (χ0n) is 15.8. The zero-order chi connectivity index (χ0) is 18.2. The molecule has 1 atom stereocenters. The number of ether oxygens (including phenoxy) is 1. The van der Waals surface area contributed by atoms with E-state index < -0.39 is 0 Å². The number of para-hydroxylation sites is 1. The van der Waals surface area contributed by atoms with Crippen molar-refractivity contribution < 1.29 is 4.74 Å². The van der Waals surface area contributed by atoms with Crippen molar-refractivity contribution in [1.82, 2.24) is 4.90 Å². The van der Waals surface area contributed by atoms with Crippen LogP contribution >= 0.6 is 35.3 Å². The monoisotopic (exact) mass is 500 g/mol. The van der Waals surface area contributed by atoms with Crippen molar-refractivity contribution in [2.24, 2.45) is 16.6 Å². The van der Waals surface area contributed by atoms with Crippen molar-refractivity contribution in [2.75, 3.05) is 32.1 Å². The summed E-state index contributed by atoms with van der Waals surface area (Å²) in [6.07, 6.45) is 2.45. The van der Waals surface area contributed by atoms with Crippen molar-refractivity contribution in [3.63, 3.8) is 0 Å². The van der Waals surface area contributed by atoms with Gasteiger partial charge in [-0.3, -0.25) is 9.89 Å². The highest BCUT2D eigenvalue weighted by Crippen LogP contribution is 2.21. The average molecular weight is 500 g/mol. The number of guanidine groups is 1. The molecule has 2 aromatic rings. The Hall–Kier alpha value is -1.16. The summed E-state index contributed by atoms with van der Waals surface area (Å²) in [5, 5.41) is 5.37. The van der Waals surface area contributed by atoms with Gasteiger partial charge in [-0.15, -0.1) is 35.3 Å². The molecule has 1 fully saturated rings. The fourth-order valence-corrected chi connectivity index (χ4v) is 4.14. The SMILES string of the molecule is COCc1ccccc1NC(N)=NCC1CCCN(Cc2cccs2)C1.I. The van der Waals surface area contributed by atoms with Crippen LogP contribution in [0, 0.1) is 5.92 Å². The molecule has 0 aliphatic carbocycles. The van der Waals surface area contributed by atoms with E-state index in [1.165, 1.54) is 24.3 Å². The van der Waals surface area contributed by atoms with E-state index in [4.69, 9.17) is 10.5 Å². The van der Waals surface area contributed by atoms with Gasteiger partial charge in [0.15, 0.2) is 5.96 Å². The Morgan fingerprint density at radius 3 is 2.96 bits per heavy atom. The maximum absolute atomic E-state index is 6.12. The number of benzene rings is 1. The number of methoxy groups -OCH3 is 1. The van der Waals surface area contributed by atoms with Crippen LogP contribution in [0.5, 0.6) is 0 Å². The standard InChI is InChI=1S/C20H28N4OS.HI/c1-25-15-17-7-2-3-9-19(17)23-20(21)22-12-16-6-4-10-24(13-16)14-18-8-5-11-26-18;/h2-3,5,7-9,11,16H,4,6,10,12-15H2,1H3,(H3,21,22,23);1H. The molecule has 0 radical (unpaired) electrons. The first kappa shape index (κ1) is 22.1. The third-order valence-electron chi connectivity index (χ3n) is 4.66. The molecule has 1 aliphatic rings. The molecule has 0 bridgehead atoms. The van der Waals surface area contributed by atoms with Crippen molar-refractivity contribution >= 4 is 47.0 Å². The van der Waals surface area contributed by atoms with Gasteiger partial charge in [-0.25, -0.2) is 0 Å². The van der Waals surface area contributed by atoms with Crippen LogP contribution < -0.4 is 11.1 Å². The minimum absolute atomic E-state index is 0. The maximum atomic E-state index is 6.12. The van der Waals surface area contributed by atoms with Crippen molar-refractivity contribution in [1.29, 1.82) is 0 Å². The van der Waals surface area contributed by atoms with E-state index in [1.807, 2.05) is 35.6 Å². The predicted octanol–water partition coefficient (Wildman–Crippen LogP) is 4.15. The van der Waals surface area contributed by atoms with Crippen LogP contribution in [0.25, 0.3) is 0 Å². The first-order chi connectivity index (χ1) is 12.7. The van der Waals surface area contributed by atoms with Gasteiger partial charge in [-0.2, -0.15) is 0 Å². The van der Waals surface area contributed by atoms with Crippen LogP contribution in [0.15, 0.2) is 46.8 Å². The summed E-state index contributed by atoms with van der Waals surface area (Å²) in [5.41, 5.74) is 8.15. The Kier molecular flexibility index (Phi) is 9.53. The Morgan fingerprint density at radius 2 is 2.19 bits per heavy atom. The minimum atomic E-state index is 0. The van der Waals surface area contributed by atoms with E-state index in [0.717, 1.165) is 30.9 Å². The lowest BCUT2D eigenvalue weighted by Gasteiger charge is -2.31. The van der Waals surface area contributed by atoms with Gasteiger partial charge in [-0.05, 0) is 42.8 Å². The normalized spacial score (nSPS) is 18.1. The lowest BCUT2D eigenvalue weighted by molar-refractivity contribution is 0.172. The van der Waals surface area contributed by atoms with Gasteiger partial charge in [0.2, 0.25) is 0 Å². The number of rotatable bonds is 7. The van der Waals surface area contributed by atoms with Gasteiger partial charge in [0.1, 0.15) is 0 Å². The minimum Gasteiger partial charge on any atom is -0.380 e. The highest BCUT2D eigenvalue weighted by Gasteiger charge is 2.20. The molecule has 1 saturated heterocycles. The molecule has 0 amide bonds. The molecule has 2 heterocycles. The van der Waals surface area contributed by atoms with Crippen LogP contribution in [0.2, 0.25) is 0 Å². The molecule has 0 saturated carbocycles. The Labute approximate surface area is 183 Å². The second-order valence-electron chi connectivity index (χ2n) is 6.76. The van der Waals surface area contributed by atoms with Crippen LogP contribution in [-0.4, -0.2) is 37.6 Å². The number of thiophene rings is 1. The molecule has 5 nitrogen and oxygen atoms in total. The largest absolute Gasteiger partial charge is 0.380 e. The van der Waals surface area contributed by atoms with Crippen LogP contribution in [0.3, 0.4) is 0 Å². The number of anilines is 1. The molecule has 1 aliphatic heterocycles. The lowest BCUT2D eigenvalue weighted by Crippen LogP contribution is -2.36. The Balaban J connectivity index is 0.00000261.